The minimum atomic E-state index is -1.60. The van der Waals surface area contributed by atoms with Crippen LogP contribution in [0.25, 0.3) is 0 Å². The van der Waals surface area contributed by atoms with Crippen molar-refractivity contribution in [1.82, 2.24) is 0 Å². The van der Waals surface area contributed by atoms with E-state index in [1.807, 2.05) is 0 Å². The number of allylic oxidation sites excluding steroid dienone is 3. The van der Waals surface area contributed by atoms with Crippen LogP contribution in [0.2, 0.25) is 0 Å². The lowest BCUT2D eigenvalue weighted by molar-refractivity contribution is -0.177. The van der Waals surface area contributed by atoms with Gasteiger partial charge in [0.25, 0.3) is 0 Å². The minimum Gasteiger partial charge on any atom is -0.507 e. The van der Waals surface area contributed by atoms with Crippen molar-refractivity contribution in [3.8, 4) is 0 Å². The molecule has 7 heteroatoms. The highest BCUT2D eigenvalue weighted by Gasteiger charge is 2.64. The Morgan fingerprint density at radius 3 is 2.46 bits per heavy atom. The molecular formula is C21H26O7. The van der Waals surface area contributed by atoms with Crippen molar-refractivity contribution in [3.63, 3.8) is 0 Å². The highest BCUT2D eigenvalue weighted by atomic mass is 16.5. The summed E-state index contributed by atoms with van der Waals surface area (Å²) >= 11 is 0. The summed E-state index contributed by atoms with van der Waals surface area (Å²) in [4.78, 5) is 38.3. The number of carbonyl (C=O) groups excluding carboxylic acids is 3. The van der Waals surface area contributed by atoms with Gasteiger partial charge in [-0.2, -0.15) is 0 Å². The van der Waals surface area contributed by atoms with E-state index in [-0.39, 0.29) is 23.1 Å². The predicted octanol–water partition coefficient (Wildman–Crippen LogP) is 1.54. The van der Waals surface area contributed by atoms with Crippen LogP contribution >= 0.6 is 0 Å². The van der Waals surface area contributed by atoms with Crippen LogP contribution in [0.4, 0.5) is 0 Å². The summed E-state index contributed by atoms with van der Waals surface area (Å²) in [5, 5.41) is 32.5. The average Bonchev–Trinajstić information content (AvgIpc) is 2.65. The lowest BCUT2D eigenvalue weighted by atomic mass is 9.47. The third-order valence-corrected chi connectivity index (χ3v) is 6.81. The van der Waals surface area contributed by atoms with Crippen LogP contribution in [-0.2, 0) is 19.1 Å². The Morgan fingerprint density at radius 1 is 1.25 bits per heavy atom. The molecule has 0 bridgehead atoms. The maximum atomic E-state index is 13.1. The van der Waals surface area contributed by atoms with Crippen molar-refractivity contribution in [2.24, 2.45) is 16.7 Å². The van der Waals surface area contributed by atoms with Crippen molar-refractivity contribution < 1.29 is 34.4 Å². The van der Waals surface area contributed by atoms with Crippen molar-refractivity contribution >= 4 is 17.5 Å². The van der Waals surface area contributed by atoms with Gasteiger partial charge in [-0.1, -0.05) is 19.4 Å². The number of methoxy groups -OCH3 is 1. The van der Waals surface area contributed by atoms with E-state index in [2.05, 4.69) is 6.58 Å². The normalized spacial score (nSPS) is 38.1. The molecule has 0 aromatic heterocycles. The first-order chi connectivity index (χ1) is 13.1. The van der Waals surface area contributed by atoms with Crippen molar-refractivity contribution in [1.29, 1.82) is 0 Å². The minimum absolute atomic E-state index is 0.000408. The van der Waals surface area contributed by atoms with Gasteiger partial charge < -0.3 is 20.1 Å². The zero-order chi connectivity index (χ0) is 21.0. The van der Waals surface area contributed by atoms with E-state index in [9.17, 15) is 29.7 Å². The third kappa shape index (κ3) is 2.46. The van der Waals surface area contributed by atoms with Crippen molar-refractivity contribution in [2.45, 2.75) is 51.7 Å². The molecule has 5 unspecified atom stereocenters. The number of ether oxygens (including phenoxy) is 1. The lowest BCUT2D eigenvalue weighted by Crippen LogP contribution is -2.62. The zero-order valence-electron chi connectivity index (χ0n) is 16.3. The van der Waals surface area contributed by atoms with Gasteiger partial charge in [0, 0.05) is 28.1 Å². The summed E-state index contributed by atoms with van der Waals surface area (Å²) in [6.45, 7) is 6.88. The van der Waals surface area contributed by atoms with Crippen LogP contribution < -0.4 is 0 Å². The smallest absolute Gasteiger partial charge is 0.311 e. The zero-order valence-corrected chi connectivity index (χ0v) is 16.3. The highest BCUT2D eigenvalue weighted by molar-refractivity contribution is 6.50. The Labute approximate surface area is 163 Å². The van der Waals surface area contributed by atoms with Gasteiger partial charge in [0.2, 0.25) is 11.6 Å². The Balaban J connectivity index is 2.30. The first-order valence-corrected chi connectivity index (χ1v) is 9.37. The molecule has 152 valence electrons. The molecule has 0 amide bonds. The van der Waals surface area contributed by atoms with Crippen molar-refractivity contribution in [3.05, 3.63) is 35.1 Å². The maximum absolute atomic E-state index is 13.1. The number of hydrogen-bond acceptors (Lipinski definition) is 7. The van der Waals surface area contributed by atoms with Gasteiger partial charge in [-0.05, 0) is 26.2 Å². The molecule has 3 N–H and O–H groups in total. The molecular weight excluding hydrogens is 364 g/mol. The van der Waals surface area contributed by atoms with E-state index in [4.69, 9.17) is 4.74 Å². The van der Waals surface area contributed by atoms with Crippen LogP contribution in [0.1, 0.15) is 39.5 Å². The molecule has 1 saturated carbocycles. The standard InChI is InChI=1S/C21H26O7/c1-5-7-10-13(22)11-12(16(25)14(10)23)20(2)8-6-9-21(3,19(27)28-4)18(20)17(26)15(11)24/h5,15,17-18,22,24,26H,1,6-9H2,2-4H3. The maximum Gasteiger partial charge on any atom is 0.311 e. The highest BCUT2D eigenvalue weighted by Crippen LogP contribution is 2.61. The first kappa shape index (κ1) is 20.5. The number of rotatable bonds is 3. The molecule has 0 saturated heterocycles. The third-order valence-electron chi connectivity index (χ3n) is 6.81. The predicted molar refractivity (Wildman–Crippen MR) is 99.1 cm³/mol. The Morgan fingerprint density at radius 2 is 1.89 bits per heavy atom. The van der Waals surface area contributed by atoms with E-state index in [1.54, 1.807) is 13.8 Å². The van der Waals surface area contributed by atoms with E-state index in [1.165, 1.54) is 13.2 Å². The van der Waals surface area contributed by atoms with Crippen LogP contribution in [0.15, 0.2) is 35.1 Å². The molecule has 0 aromatic rings. The van der Waals surface area contributed by atoms with Gasteiger partial charge in [0.15, 0.2) is 0 Å². The molecule has 0 aliphatic heterocycles. The number of ketones is 2. The first-order valence-electron chi connectivity index (χ1n) is 9.37. The Hall–Kier alpha value is -2.25. The average molecular weight is 390 g/mol. The largest absolute Gasteiger partial charge is 0.507 e. The summed E-state index contributed by atoms with van der Waals surface area (Å²) in [6, 6.07) is 0. The van der Waals surface area contributed by atoms with Crippen LogP contribution in [0.3, 0.4) is 0 Å². The molecule has 0 spiro atoms. The summed E-state index contributed by atoms with van der Waals surface area (Å²) in [7, 11) is 1.25. The molecule has 3 aliphatic rings. The number of hydrogen-bond donors (Lipinski definition) is 3. The monoisotopic (exact) mass is 390 g/mol. The fourth-order valence-electron chi connectivity index (χ4n) is 5.64. The molecule has 0 heterocycles. The number of aliphatic hydroxyl groups is 3. The number of fused-ring (bicyclic) bond motifs is 2. The van der Waals surface area contributed by atoms with E-state index >= 15 is 0 Å². The van der Waals surface area contributed by atoms with E-state index in [0.29, 0.717) is 19.3 Å². The molecule has 0 aromatic carbocycles. The van der Waals surface area contributed by atoms with E-state index in [0.717, 1.165) is 0 Å². The fraction of sp³-hybridized carbons (Fsp3) is 0.571. The molecule has 3 aliphatic carbocycles. The summed E-state index contributed by atoms with van der Waals surface area (Å²) in [6.07, 6.45) is -0.269. The van der Waals surface area contributed by atoms with Crippen LogP contribution in [0.5, 0.6) is 0 Å². The summed E-state index contributed by atoms with van der Waals surface area (Å²) in [5.41, 5.74) is -2.47. The quantitative estimate of drug-likeness (QED) is 0.289. The van der Waals surface area contributed by atoms with Gasteiger partial charge in [0.1, 0.15) is 11.9 Å². The molecule has 0 radical (unpaired) electrons. The number of Topliss-reactive ketones (excluding diaryl/α,β-unsaturated/α-hetero) is 2. The van der Waals surface area contributed by atoms with Gasteiger partial charge >= 0.3 is 5.97 Å². The second kappa shape index (κ2) is 6.67. The summed E-state index contributed by atoms with van der Waals surface area (Å²) in [5.74, 6) is -3.51. The molecule has 1 fully saturated rings. The number of carbonyl (C=O) groups is 3. The molecule has 7 nitrogen and oxygen atoms in total. The van der Waals surface area contributed by atoms with Crippen LogP contribution in [0, 0.1) is 16.7 Å². The SMILES string of the molecule is C=CCC1=C(O)C2=C(C(=O)C1=O)C1(C)CCCC(C)(C(=O)OC)C1C(O)C2O. The second-order valence-electron chi connectivity index (χ2n) is 8.36. The van der Waals surface area contributed by atoms with Crippen molar-refractivity contribution in [2.75, 3.05) is 7.11 Å². The topological polar surface area (TPSA) is 121 Å². The van der Waals surface area contributed by atoms with Gasteiger partial charge in [-0.3, -0.25) is 14.4 Å². The molecule has 3 rings (SSSR count). The number of esters is 1. The molecule has 28 heavy (non-hydrogen) atoms. The molecule has 5 atom stereocenters. The Bertz CT molecular complexity index is 836. The van der Waals surface area contributed by atoms with Gasteiger partial charge in [-0.15, -0.1) is 6.58 Å². The van der Waals surface area contributed by atoms with Gasteiger partial charge in [-0.25, -0.2) is 0 Å². The summed E-state index contributed by atoms with van der Waals surface area (Å²) < 4.78 is 4.96. The fourth-order valence-corrected chi connectivity index (χ4v) is 5.64. The van der Waals surface area contributed by atoms with E-state index < -0.39 is 52.3 Å². The number of aliphatic hydroxyl groups excluding tert-OH is 3. The second-order valence-corrected chi connectivity index (χ2v) is 8.36. The van der Waals surface area contributed by atoms with Crippen LogP contribution in [-0.4, -0.2) is 52.2 Å². The van der Waals surface area contributed by atoms with Gasteiger partial charge in [0.05, 0.1) is 18.6 Å². The lowest BCUT2D eigenvalue weighted by Gasteiger charge is -2.57. The Kier molecular flexibility index (Phi) is 4.88.